The molecule has 0 amide bonds. The second-order valence-corrected chi connectivity index (χ2v) is 9.34. The van der Waals surface area contributed by atoms with Gasteiger partial charge in [-0.15, -0.1) is 11.8 Å². The van der Waals surface area contributed by atoms with Crippen LogP contribution in [0.15, 0.2) is 5.03 Å². The highest BCUT2D eigenvalue weighted by Gasteiger charge is 2.36. The summed E-state index contributed by atoms with van der Waals surface area (Å²) in [5, 5.41) is 10.8. The number of aromatic nitrogens is 1. The largest absolute Gasteiger partial charge is 0.378 e. The number of pyridine rings is 1. The summed E-state index contributed by atoms with van der Waals surface area (Å²) in [5.41, 5.74) is 3.28. The molecule has 0 atom stereocenters. The van der Waals surface area contributed by atoms with Gasteiger partial charge < -0.3 is 9.64 Å². The first-order valence-corrected chi connectivity index (χ1v) is 10.4. The number of fused-ring (bicyclic) bond motifs is 1. The fraction of sp³-hybridized carbons (Fsp3) is 0.700. The third-order valence-electron chi connectivity index (χ3n) is 5.37. The summed E-state index contributed by atoms with van der Waals surface area (Å²) in [6.07, 6.45) is 0.886. The minimum absolute atomic E-state index is 0.0439. The summed E-state index contributed by atoms with van der Waals surface area (Å²) in [5.74, 6) is 2.61. The van der Waals surface area contributed by atoms with E-state index in [4.69, 9.17) is 9.72 Å². The first kappa shape index (κ1) is 19.5. The number of rotatable bonds is 4. The van der Waals surface area contributed by atoms with Crippen molar-refractivity contribution in [1.29, 1.82) is 5.26 Å². The van der Waals surface area contributed by atoms with Crippen LogP contribution in [0.25, 0.3) is 0 Å². The van der Waals surface area contributed by atoms with Crippen LogP contribution in [0.4, 0.5) is 5.82 Å². The Labute approximate surface area is 161 Å². The zero-order valence-electron chi connectivity index (χ0n) is 16.6. The van der Waals surface area contributed by atoms with Crippen LogP contribution in [0.2, 0.25) is 0 Å². The number of nitrogens with zero attached hydrogens (tertiary/aromatic N) is 4. The van der Waals surface area contributed by atoms with Gasteiger partial charge >= 0.3 is 0 Å². The van der Waals surface area contributed by atoms with Gasteiger partial charge in [-0.1, -0.05) is 13.8 Å². The van der Waals surface area contributed by atoms with Gasteiger partial charge in [-0.2, -0.15) is 5.26 Å². The van der Waals surface area contributed by atoms with Crippen molar-refractivity contribution in [2.75, 3.05) is 44.0 Å². The number of hydrogen-bond acceptors (Lipinski definition) is 6. The van der Waals surface area contributed by atoms with Gasteiger partial charge in [-0.05, 0) is 38.8 Å². The molecule has 3 rings (SSSR count). The smallest absolute Gasteiger partial charge is 0.134 e. The molecular weight excluding hydrogens is 344 g/mol. The van der Waals surface area contributed by atoms with E-state index in [1.807, 2.05) is 0 Å². The van der Waals surface area contributed by atoms with Crippen LogP contribution in [0.3, 0.4) is 0 Å². The maximum absolute atomic E-state index is 9.93. The van der Waals surface area contributed by atoms with Gasteiger partial charge in [0.2, 0.25) is 0 Å². The Bertz CT molecular complexity index is 705. The Morgan fingerprint density at radius 1 is 1.27 bits per heavy atom. The van der Waals surface area contributed by atoms with Gasteiger partial charge in [0.15, 0.2) is 0 Å². The average molecular weight is 375 g/mol. The molecule has 0 bridgehead atoms. The maximum Gasteiger partial charge on any atom is 0.134 e. The lowest BCUT2D eigenvalue weighted by molar-refractivity contribution is 0.120. The van der Waals surface area contributed by atoms with Gasteiger partial charge in [0, 0.05) is 36.5 Å². The number of anilines is 1. The molecule has 0 radical (unpaired) electrons. The van der Waals surface area contributed by atoms with Crippen molar-refractivity contribution in [1.82, 2.24) is 9.88 Å². The summed E-state index contributed by atoms with van der Waals surface area (Å²) in [6, 6.07) is 2.49. The van der Waals surface area contributed by atoms with Crippen LogP contribution >= 0.6 is 11.8 Å². The molecular formula is C20H30N4OS. The Balaban J connectivity index is 2.11. The third-order valence-corrected chi connectivity index (χ3v) is 6.77. The Kier molecular flexibility index (Phi) is 5.81. The highest BCUT2D eigenvalue weighted by Crippen LogP contribution is 2.39. The molecule has 1 aromatic rings. The van der Waals surface area contributed by atoms with Gasteiger partial charge in [0.25, 0.3) is 0 Å². The molecule has 0 unspecified atom stereocenters. The van der Waals surface area contributed by atoms with E-state index >= 15 is 0 Å². The van der Waals surface area contributed by atoms with Crippen molar-refractivity contribution < 1.29 is 4.74 Å². The lowest BCUT2D eigenvalue weighted by atomic mass is 9.84. The molecule has 3 heterocycles. The van der Waals surface area contributed by atoms with Gasteiger partial charge in [0.05, 0.1) is 18.8 Å². The Morgan fingerprint density at radius 2 is 1.96 bits per heavy atom. The molecule has 2 aliphatic rings. The van der Waals surface area contributed by atoms with Crippen LogP contribution in [0.1, 0.15) is 44.4 Å². The predicted molar refractivity (Wildman–Crippen MR) is 107 cm³/mol. The molecule has 0 spiro atoms. The Hall–Kier alpha value is -1.29. The molecule has 1 aromatic heterocycles. The maximum atomic E-state index is 9.93. The van der Waals surface area contributed by atoms with E-state index < -0.39 is 0 Å². The van der Waals surface area contributed by atoms with E-state index in [1.165, 1.54) is 11.1 Å². The van der Waals surface area contributed by atoms with Crippen molar-refractivity contribution in [3.05, 3.63) is 16.7 Å². The number of likely N-dealkylation sites (N-methyl/N-ethyl adjacent to an activating group) is 1. The lowest BCUT2D eigenvalue weighted by Gasteiger charge is -2.43. The minimum Gasteiger partial charge on any atom is -0.378 e. The lowest BCUT2D eigenvalue weighted by Crippen LogP contribution is -2.47. The molecule has 5 nitrogen and oxygen atoms in total. The summed E-state index contributed by atoms with van der Waals surface area (Å²) in [7, 11) is 2.17. The molecule has 142 valence electrons. The molecule has 2 aliphatic heterocycles. The highest BCUT2D eigenvalue weighted by molar-refractivity contribution is 7.99. The normalized spacial score (nSPS) is 20.1. The highest BCUT2D eigenvalue weighted by atomic mass is 32.2. The molecule has 1 fully saturated rings. The number of thioether (sulfide) groups is 1. The van der Waals surface area contributed by atoms with Gasteiger partial charge in [-0.3, -0.25) is 4.90 Å². The quantitative estimate of drug-likeness (QED) is 0.754. The molecule has 1 saturated heterocycles. The second kappa shape index (κ2) is 7.75. The van der Waals surface area contributed by atoms with Gasteiger partial charge in [-0.25, -0.2) is 4.98 Å². The van der Waals surface area contributed by atoms with E-state index in [2.05, 4.69) is 50.6 Å². The zero-order chi connectivity index (χ0) is 18.9. The molecule has 0 N–H and O–H groups in total. The number of nitriles is 1. The van der Waals surface area contributed by atoms with E-state index in [-0.39, 0.29) is 5.54 Å². The summed E-state index contributed by atoms with van der Waals surface area (Å²) < 4.78 is 5.54. The molecule has 0 aromatic carbocycles. The summed E-state index contributed by atoms with van der Waals surface area (Å²) in [4.78, 5) is 9.74. The van der Waals surface area contributed by atoms with Crippen molar-refractivity contribution in [2.45, 2.75) is 51.2 Å². The minimum atomic E-state index is 0.0439. The van der Waals surface area contributed by atoms with E-state index in [1.54, 1.807) is 11.8 Å². The van der Waals surface area contributed by atoms with E-state index in [0.717, 1.165) is 61.4 Å². The standard InChI is InChI=1S/C20H30N4OS/c1-14(2)13-26-19-16(11-21)15-10-20(3,4)23(5)12-17(15)18(22-19)24-6-8-25-9-7-24/h14H,6-10,12-13H2,1-5H3. The van der Waals surface area contributed by atoms with Crippen LogP contribution < -0.4 is 4.90 Å². The molecule has 26 heavy (non-hydrogen) atoms. The second-order valence-electron chi connectivity index (χ2n) is 8.33. The number of ether oxygens (including phenoxy) is 1. The summed E-state index contributed by atoms with van der Waals surface area (Å²) in [6.45, 7) is 13.0. The SMILES string of the molecule is CC(C)CSc1nc(N2CCOCC2)c2c(c1C#N)CC(C)(C)N(C)C2. The first-order chi connectivity index (χ1) is 12.3. The fourth-order valence-corrected chi connectivity index (χ4v) is 4.47. The number of hydrogen-bond donors (Lipinski definition) is 0. The van der Waals surface area contributed by atoms with Crippen LogP contribution in [0, 0.1) is 17.2 Å². The third kappa shape index (κ3) is 3.85. The fourth-order valence-electron chi connectivity index (χ4n) is 3.52. The molecule has 6 heteroatoms. The van der Waals surface area contributed by atoms with E-state index in [0.29, 0.717) is 5.92 Å². The number of morpholine rings is 1. The monoisotopic (exact) mass is 374 g/mol. The Morgan fingerprint density at radius 3 is 2.58 bits per heavy atom. The summed E-state index contributed by atoms with van der Waals surface area (Å²) >= 11 is 1.73. The van der Waals surface area contributed by atoms with E-state index in [9.17, 15) is 5.26 Å². The van der Waals surface area contributed by atoms with Gasteiger partial charge in [0.1, 0.15) is 16.9 Å². The first-order valence-electron chi connectivity index (χ1n) is 9.46. The predicted octanol–water partition coefficient (Wildman–Crippen LogP) is 3.30. The van der Waals surface area contributed by atoms with Crippen molar-refractivity contribution in [3.63, 3.8) is 0 Å². The van der Waals surface area contributed by atoms with Crippen LogP contribution in [0.5, 0.6) is 0 Å². The van der Waals surface area contributed by atoms with Crippen molar-refractivity contribution >= 4 is 17.6 Å². The topological polar surface area (TPSA) is 52.4 Å². The zero-order valence-corrected chi connectivity index (χ0v) is 17.4. The molecule has 0 saturated carbocycles. The van der Waals surface area contributed by atoms with Crippen LogP contribution in [-0.2, 0) is 17.7 Å². The average Bonchev–Trinajstić information content (AvgIpc) is 2.60. The van der Waals surface area contributed by atoms with Crippen molar-refractivity contribution in [2.24, 2.45) is 5.92 Å². The molecule has 0 aliphatic carbocycles. The van der Waals surface area contributed by atoms with Crippen molar-refractivity contribution in [3.8, 4) is 6.07 Å². The van der Waals surface area contributed by atoms with Crippen LogP contribution in [-0.4, -0.2) is 54.5 Å².